The maximum atomic E-state index is 12.9. The first kappa shape index (κ1) is 16.6. The lowest BCUT2D eigenvalue weighted by molar-refractivity contribution is -0.135. The molecule has 1 amide bonds. The fourth-order valence-electron chi connectivity index (χ4n) is 2.96. The van der Waals surface area contributed by atoms with Gasteiger partial charge in [-0.25, -0.2) is 0 Å². The normalized spacial score (nSPS) is 20.0. The monoisotopic (exact) mass is 329 g/mol. The first-order valence-corrected chi connectivity index (χ1v) is 8.22. The van der Waals surface area contributed by atoms with E-state index < -0.39 is 5.54 Å². The smallest absolute Gasteiger partial charge is 0.248 e. The number of pyridine rings is 1. The van der Waals surface area contributed by atoms with E-state index in [2.05, 4.69) is 20.5 Å². The highest BCUT2D eigenvalue weighted by atomic mass is 16.5. The second-order valence-electron chi connectivity index (χ2n) is 6.60. The molecular weight excluding hydrogens is 306 g/mol. The number of hydrogen-bond acceptors (Lipinski definition) is 5. The van der Waals surface area contributed by atoms with Crippen molar-refractivity contribution in [3.8, 4) is 0 Å². The van der Waals surface area contributed by atoms with E-state index in [-0.39, 0.29) is 11.8 Å². The Morgan fingerprint density at radius 3 is 3.00 bits per heavy atom. The minimum absolute atomic E-state index is 0.0750. The lowest BCUT2D eigenvalue weighted by atomic mass is 9.99. The summed E-state index contributed by atoms with van der Waals surface area (Å²) in [7, 11) is 0. The summed E-state index contributed by atoms with van der Waals surface area (Å²) >= 11 is 0. The second-order valence-corrected chi connectivity index (χ2v) is 6.60. The topological polar surface area (TPSA) is 81.9 Å². The minimum atomic E-state index is -0.828. The van der Waals surface area contributed by atoms with E-state index >= 15 is 0 Å². The van der Waals surface area contributed by atoms with Gasteiger partial charge in [0.25, 0.3) is 0 Å². The third-order valence-corrected chi connectivity index (χ3v) is 4.29. The van der Waals surface area contributed by atoms with Gasteiger partial charge in [-0.15, -0.1) is 10.2 Å². The zero-order valence-electron chi connectivity index (χ0n) is 14.3. The number of hydrogen-bond donors (Lipinski definition) is 1. The summed E-state index contributed by atoms with van der Waals surface area (Å²) in [5, 5.41) is 11.4. The molecule has 1 aliphatic heterocycles. The molecule has 24 heavy (non-hydrogen) atoms. The summed E-state index contributed by atoms with van der Waals surface area (Å²) in [5.41, 5.74) is 0.265. The van der Waals surface area contributed by atoms with Gasteiger partial charge < -0.3 is 10.1 Å². The fourth-order valence-corrected chi connectivity index (χ4v) is 2.96. The molecule has 2 aromatic rings. The van der Waals surface area contributed by atoms with Gasteiger partial charge in [-0.1, -0.05) is 19.9 Å². The van der Waals surface area contributed by atoms with Crippen molar-refractivity contribution in [2.24, 2.45) is 0 Å². The summed E-state index contributed by atoms with van der Waals surface area (Å²) in [6, 6.07) is 3.89. The number of amides is 1. The van der Waals surface area contributed by atoms with Gasteiger partial charge in [0.1, 0.15) is 18.0 Å². The molecule has 0 aromatic carbocycles. The number of aromatic nitrogens is 4. The van der Waals surface area contributed by atoms with Crippen molar-refractivity contribution in [3.63, 3.8) is 0 Å². The van der Waals surface area contributed by atoms with Crippen LogP contribution in [0, 0.1) is 0 Å². The number of rotatable bonds is 5. The van der Waals surface area contributed by atoms with Gasteiger partial charge in [0.2, 0.25) is 5.91 Å². The number of nitrogens with zero attached hydrogens (tertiary/aromatic N) is 4. The lowest BCUT2D eigenvalue weighted by Crippen LogP contribution is -2.53. The molecule has 0 bridgehead atoms. The average molecular weight is 329 g/mol. The molecular formula is C17H23N5O2. The van der Waals surface area contributed by atoms with Gasteiger partial charge in [0.15, 0.2) is 5.82 Å². The van der Waals surface area contributed by atoms with Gasteiger partial charge >= 0.3 is 0 Å². The molecule has 3 heterocycles. The molecule has 2 aromatic heterocycles. The Morgan fingerprint density at radius 2 is 2.29 bits per heavy atom. The van der Waals surface area contributed by atoms with Crippen molar-refractivity contribution in [2.45, 2.75) is 45.3 Å². The summed E-state index contributed by atoms with van der Waals surface area (Å²) in [6.07, 6.45) is 4.29. The minimum Gasteiger partial charge on any atom is -0.370 e. The molecule has 1 N–H and O–H groups in total. The highest BCUT2D eigenvalue weighted by Gasteiger charge is 2.42. The SMILES string of the molecule is CC(C)c1nnc2n1C(C)(C(=O)NCCc1cccnc1)COC2. The van der Waals surface area contributed by atoms with Gasteiger partial charge in [-0.05, 0) is 25.0 Å². The first-order chi connectivity index (χ1) is 11.5. The fraction of sp³-hybridized carbons (Fsp3) is 0.529. The van der Waals surface area contributed by atoms with Crippen LogP contribution in [0.4, 0.5) is 0 Å². The molecule has 1 aliphatic rings. The number of carbonyl (C=O) groups excluding carboxylic acids is 1. The van der Waals surface area contributed by atoms with Crippen molar-refractivity contribution in [2.75, 3.05) is 13.2 Å². The zero-order chi connectivity index (χ0) is 17.2. The molecule has 1 unspecified atom stereocenters. The van der Waals surface area contributed by atoms with Crippen LogP contribution in [0.25, 0.3) is 0 Å². The van der Waals surface area contributed by atoms with Crippen molar-refractivity contribution in [3.05, 3.63) is 41.7 Å². The standard InChI is InChI=1S/C17H23N5O2/c1-12(2)15-21-20-14-10-24-11-17(3,22(14)15)16(23)19-8-6-13-5-4-7-18-9-13/h4-5,7,9,12H,6,8,10-11H2,1-3H3,(H,19,23). The predicted molar refractivity (Wildman–Crippen MR) is 88.4 cm³/mol. The Labute approximate surface area is 141 Å². The third kappa shape index (κ3) is 3.03. The summed E-state index contributed by atoms with van der Waals surface area (Å²) < 4.78 is 7.54. The number of ether oxygens (including phenoxy) is 1. The van der Waals surface area contributed by atoms with Crippen molar-refractivity contribution in [1.82, 2.24) is 25.1 Å². The van der Waals surface area contributed by atoms with E-state index in [4.69, 9.17) is 4.74 Å². The van der Waals surface area contributed by atoms with Crippen molar-refractivity contribution < 1.29 is 9.53 Å². The Kier molecular flexibility index (Phi) is 4.62. The third-order valence-electron chi connectivity index (χ3n) is 4.29. The molecule has 0 aliphatic carbocycles. The summed E-state index contributed by atoms with van der Waals surface area (Å²) in [6.45, 7) is 7.23. The maximum absolute atomic E-state index is 12.9. The Bertz CT molecular complexity index is 713. The van der Waals surface area contributed by atoms with Crippen LogP contribution in [0.2, 0.25) is 0 Å². The van der Waals surface area contributed by atoms with Crippen LogP contribution >= 0.6 is 0 Å². The van der Waals surface area contributed by atoms with E-state index in [0.29, 0.717) is 25.6 Å². The molecule has 0 saturated heterocycles. The van der Waals surface area contributed by atoms with Gasteiger partial charge in [-0.3, -0.25) is 14.3 Å². The van der Waals surface area contributed by atoms with Crippen LogP contribution in [0.5, 0.6) is 0 Å². The number of nitrogens with one attached hydrogen (secondary N) is 1. The molecule has 0 spiro atoms. The Balaban J connectivity index is 1.74. The molecule has 1 atom stereocenters. The van der Waals surface area contributed by atoms with E-state index in [1.807, 2.05) is 43.7 Å². The quantitative estimate of drug-likeness (QED) is 0.897. The van der Waals surface area contributed by atoms with E-state index in [1.165, 1.54) is 0 Å². The molecule has 7 nitrogen and oxygen atoms in total. The molecule has 0 saturated carbocycles. The predicted octanol–water partition coefficient (Wildman–Crippen LogP) is 1.40. The van der Waals surface area contributed by atoms with Crippen LogP contribution in [-0.4, -0.2) is 38.8 Å². The van der Waals surface area contributed by atoms with Crippen molar-refractivity contribution >= 4 is 5.91 Å². The molecule has 128 valence electrons. The summed E-state index contributed by atoms with van der Waals surface area (Å²) in [4.78, 5) is 16.9. The molecule has 0 radical (unpaired) electrons. The van der Waals surface area contributed by atoms with Gasteiger partial charge in [0, 0.05) is 24.9 Å². The van der Waals surface area contributed by atoms with Crippen molar-refractivity contribution in [1.29, 1.82) is 0 Å². The highest BCUT2D eigenvalue weighted by Crippen LogP contribution is 2.29. The first-order valence-electron chi connectivity index (χ1n) is 8.22. The lowest BCUT2D eigenvalue weighted by Gasteiger charge is -2.35. The Hall–Kier alpha value is -2.28. The van der Waals surface area contributed by atoms with Crippen LogP contribution in [0.3, 0.4) is 0 Å². The molecule has 3 rings (SSSR count). The largest absolute Gasteiger partial charge is 0.370 e. The number of carbonyl (C=O) groups is 1. The Morgan fingerprint density at radius 1 is 1.46 bits per heavy atom. The summed E-state index contributed by atoms with van der Waals surface area (Å²) in [5.74, 6) is 1.63. The average Bonchev–Trinajstić information content (AvgIpc) is 3.02. The van der Waals surface area contributed by atoms with Gasteiger partial charge in [-0.2, -0.15) is 0 Å². The van der Waals surface area contributed by atoms with Crippen LogP contribution in [0.15, 0.2) is 24.5 Å². The molecule has 0 fully saturated rings. The van der Waals surface area contributed by atoms with Crippen LogP contribution in [0.1, 0.15) is 43.9 Å². The second kappa shape index (κ2) is 6.68. The number of fused-ring (bicyclic) bond motifs is 1. The maximum Gasteiger partial charge on any atom is 0.248 e. The zero-order valence-corrected chi connectivity index (χ0v) is 14.3. The van der Waals surface area contributed by atoms with Gasteiger partial charge in [0.05, 0.1) is 6.61 Å². The van der Waals surface area contributed by atoms with E-state index in [9.17, 15) is 4.79 Å². The van der Waals surface area contributed by atoms with E-state index in [0.717, 1.165) is 17.8 Å². The molecule has 7 heteroatoms. The van der Waals surface area contributed by atoms with Crippen LogP contribution in [-0.2, 0) is 28.1 Å². The van der Waals surface area contributed by atoms with Crippen LogP contribution < -0.4 is 5.32 Å². The van der Waals surface area contributed by atoms with E-state index in [1.54, 1.807) is 6.20 Å². The highest BCUT2D eigenvalue weighted by molar-refractivity contribution is 5.84.